The Bertz CT molecular complexity index is 627. The van der Waals surface area contributed by atoms with Gasteiger partial charge in [0.25, 0.3) is 5.56 Å². The van der Waals surface area contributed by atoms with Crippen molar-refractivity contribution in [2.24, 2.45) is 0 Å². The molecule has 0 atom stereocenters. The zero-order chi connectivity index (χ0) is 11.7. The Morgan fingerprint density at radius 3 is 2.94 bits per heavy atom. The fourth-order valence-corrected chi connectivity index (χ4v) is 1.32. The number of halogens is 1. The van der Waals surface area contributed by atoms with Gasteiger partial charge in [0, 0.05) is 13.1 Å². The first kappa shape index (κ1) is 10.6. The third kappa shape index (κ3) is 2.03. The Balaban J connectivity index is 2.39. The van der Waals surface area contributed by atoms with Crippen LogP contribution in [-0.4, -0.2) is 19.7 Å². The monoisotopic (exact) mass is 242 g/mol. The van der Waals surface area contributed by atoms with E-state index in [1.807, 2.05) is 0 Å². The lowest BCUT2D eigenvalue weighted by Crippen LogP contribution is -2.30. The van der Waals surface area contributed by atoms with Crippen LogP contribution in [0.2, 0.25) is 5.02 Å². The lowest BCUT2D eigenvalue weighted by atomic mass is 10.5. The van der Waals surface area contributed by atoms with Crippen LogP contribution in [0, 0.1) is 6.92 Å². The third-order valence-electron chi connectivity index (χ3n) is 1.85. The maximum atomic E-state index is 11.4. The van der Waals surface area contributed by atoms with E-state index in [1.165, 1.54) is 10.8 Å². The van der Waals surface area contributed by atoms with Crippen LogP contribution < -0.4 is 11.2 Å². The maximum Gasteiger partial charge on any atom is 0.328 e. The van der Waals surface area contributed by atoms with Crippen molar-refractivity contribution < 1.29 is 4.52 Å². The van der Waals surface area contributed by atoms with Crippen LogP contribution in [0.5, 0.6) is 0 Å². The van der Waals surface area contributed by atoms with Crippen LogP contribution in [-0.2, 0) is 6.54 Å². The number of aryl methyl sites for hydroxylation is 1. The largest absolute Gasteiger partial charge is 0.340 e. The van der Waals surface area contributed by atoms with E-state index in [-0.39, 0.29) is 11.6 Å². The molecule has 0 saturated heterocycles. The third-order valence-corrected chi connectivity index (χ3v) is 2.12. The predicted molar refractivity (Wildman–Crippen MR) is 54.5 cm³/mol. The number of hydrogen-bond acceptors (Lipinski definition) is 5. The second-order valence-electron chi connectivity index (χ2n) is 3.09. The van der Waals surface area contributed by atoms with E-state index in [2.05, 4.69) is 15.1 Å². The molecule has 2 aromatic heterocycles. The molecule has 0 amide bonds. The molecule has 0 fully saturated rings. The number of nitrogens with one attached hydrogen (secondary N) is 1. The molecule has 0 aliphatic carbocycles. The molecule has 84 valence electrons. The van der Waals surface area contributed by atoms with Gasteiger partial charge in [0.2, 0.25) is 5.89 Å². The van der Waals surface area contributed by atoms with Crippen LogP contribution in [0.4, 0.5) is 0 Å². The average Bonchev–Trinajstić information content (AvgIpc) is 2.60. The van der Waals surface area contributed by atoms with Crippen LogP contribution >= 0.6 is 11.6 Å². The quantitative estimate of drug-likeness (QED) is 0.796. The summed E-state index contributed by atoms with van der Waals surface area (Å²) in [6.45, 7) is 1.73. The maximum absolute atomic E-state index is 11.4. The molecule has 2 rings (SSSR count). The predicted octanol–water partition coefficient (Wildman–Crippen LogP) is -0.0703. The Hall–Kier alpha value is -1.89. The van der Waals surface area contributed by atoms with E-state index in [4.69, 9.17) is 16.1 Å². The number of aromatic nitrogens is 4. The molecule has 0 spiro atoms. The van der Waals surface area contributed by atoms with Gasteiger partial charge in [0.1, 0.15) is 5.02 Å². The molecule has 2 aromatic rings. The molecule has 0 unspecified atom stereocenters. The number of H-pyrrole nitrogens is 1. The first-order valence-corrected chi connectivity index (χ1v) is 4.72. The van der Waals surface area contributed by atoms with Crippen molar-refractivity contribution in [3.8, 4) is 0 Å². The van der Waals surface area contributed by atoms with Gasteiger partial charge in [-0.1, -0.05) is 16.8 Å². The van der Waals surface area contributed by atoms with E-state index in [1.54, 1.807) is 6.92 Å². The Morgan fingerprint density at radius 1 is 1.56 bits per heavy atom. The summed E-state index contributed by atoms with van der Waals surface area (Å²) in [5.74, 6) is 0.737. The molecule has 16 heavy (non-hydrogen) atoms. The van der Waals surface area contributed by atoms with Gasteiger partial charge in [0.05, 0.1) is 6.54 Å². The minimum Gasteiger partial charge on any atom is -0.340 e. The fraction of sp³-hybridized carbons (Fsp3) is 0.250. The van der Waals surface area contributed by atoms with E-state index in [0.29, 0.717) is 11.7 Å². The van der Waals surface area contributed by atoms with Crippen LogP contribution in [0.3, 0.4) is 0 Å². The van der Waals surface area contributed by atoms with Crippen LogP contribution in [0.25, 0.3) is 0 Å². The van der Waals surface area contributed by atoms with E-state index < -0.39 is 11.2 Å². The van der Waals surface area contributed by atoms with E-state index in [9.17, 15) is 9.59 Å². The zero-order valence-corrected chi connectivity index (χ0v) is 8.98. The second-order valence-corrected chi connectivity index (χ2v) is 3.50. The zero-order valence-electron chi connectivity index (χ0n) is 8.23. The van der Waals surface area contributed by atoms with Gasteiger partial charge in [-0.2, -0.15) is 4.98 Å². The highest BCUT2D eigenvalue weighted by molar-refractivity contribution is 6.30. The van der Waals surface area contributed by atoms with E-state index >= 15 is 0 Å². The molecule has 8 heteroatoms. The highest BCUT2D eigenvalue weighted by atomic mass is 35.5. The summed E-state index contributed by atoms with van der Waals surface area (Å²) in [7, 11) is 0. The highest BCUT2D eigenvalue weighted by Crippen LogP contribution is 1.99. The van der Waals surface area contributed by atoms with Gasteiger partial charge in [-0.05, 0) is 0 Å². The first-order chi connectivity index (χ1) is 7.56. The minimum absolute atomic E-state index is 0.0696. The standard InChI is InChI=1S/C8H7ClN4O3/c1-4-10-6(12-16-4)3-13-2-5(9)7(14)11-8(13)15/h2H,3H2,1H3,(H,11,14,15). The van der Waals surface area contributed by atoms with Crippen LogP contribution in [0.15, 0.2) is 20.3 Å². The Labute approximate surface area is 93.7 Å². The summed E-state index contributed by atoms with van der Waals surface area (Å²) in [4.78, 5) is 28.4. The molecule has 0 radical (unpaired) electrons. The van der Waals surface area contributed by atoms with Crippen molar-refractivity contribution in [1.29, 1.82) is 0 Å². The van der Waals surface area contributed by atoms with Crippen molar-refractivity contribution >= 4 is 11.6 Å². The smallest absolute Gasteiger partial charge is 0.328 e. The number of aromatic amines is 1. The molecule has 0 aliphatic heterocycles. The lowest BCUT2D eigenvalue weighted by molar-refractivity contribution is 0.385. The summed E-state index contributed by atoms with van der Waals surface area (Å²) in [6, 6.07) is 0. The van der Waals surface area contributed by atoms with Gasteiger partial charge in [-0.15, -0.1) is 0 Å². The van der Waals surface area contributed by atoms with Gasteiger partial charge < -0.3 is 4.52 Å². The molecule has 0 bridgehead atoms. The molecule has 0 saturated carbocycles. The van der Waals surface area contributed by atoms with Gasteiger partial charge >= 0.3 is 5.69 Å². The SMILES string of the molecule is Cc1nc(Cn2cc(Cl)c(=O)[nH]c2=O)no1. The average molecular weight is 243 g/mol. The number of rotatable bonds is 2. The van der Waals surface area contributed by atoms with Crippen molar-refractivity contribution in [1.82, 2.24) is 19.7 Å². The van der Waals surface area contributed by atoms with Crippen LogP contribution in [0.1, 0.15) is 11.7 Å². The molecular formula is C8H7ClN4O3. The molecule has 0 aliphatic rings. The van der Waals surface area contributed by atoms with Crippen molar-refractivity contribution in [3.05, 3.63) is 43.8 Å². The summed E-state index contributed by atoms with van der Waals surface area (Å²) >= 11 is 5.59. The normalized spacial score (nSPS) is 10.6. The Morgan fingerprint density at radius 2 is 2.31 bits per heavy atom. The molecular weight excluding hydrogens is 236 g/mol. The molecule has 2 heterocycles. The van der Waals surface area contributed by atoms with Gasteiger partial charge in [0.15, 0.2) is 5.82 Å². The lowest BCUT2D eigenvalue weighted by Gasteiger charge is -2.00. The first-order valence-electron chi connectivity index (χ1n) is 4.35. The van der Waals surface area contributed by atoms with Gasteiger partial charge in [-0.25, -0.2) is 4.79 Å². The highest BCUT2D eigenvalue weighted by Gasteiger charge is 2.07. The summed E-state index contributed by atoms with van der Waals surface area (Å²) in [5.41, 5.74) is -1.19. The summed E-state index contributed by atoms with van der Waals surface area (Å²) in [6.07, 6.45) is 1.23. The topological polar surface area (TPSA) is 93.8 Å². The number of hydrogen-bond donors (Lipinski definition) is 1. The summed E-state index contributed by atoms with van der Waals surface area (Å²) < 4.78 is 5.94. The van der Waals surface area contributed by atoms with Crippen molar-refractivity contribution in [2.45, 2.75) is 13.5 Å². The molecule has 7 nitrogen and oxygen atoms in total. The fourth-order valence-electron chi connectivity index (χ4n) is 1.16. The Kier molecular flexibility index (Phi) is 2.61. The minimum atomic E-state index is -0.618. The van der Waals surface area contributed by atoms with E-state index in [0.717, 1.165) is 0 Å². The summed E-state index contributed by atoms with van der Waals surface area (Å²) in [5, 5.41) is 3.55. The molecule has 0 aromatic carbocycles. The van der Waals surface area contributed by atoms with Gasteiger partial charge in [-0.3, -0.25) is 14.3 Å². The second kappa shape index (κ2) is 3.93. The number of nitrogens with zero attached hydrogens (tertiary/aromatic N) is 3. The van der Waals surface area contributed by atoms with Crippen molar-refractivity contribution in [3.63, 3.8) is 0 Å². The molecule has 1 N–H and O–H groups in total. The van der Waals surface area contributed by atoms with Crippen molar-refractivity contribution in [2.75, 3.05) is 0 Å².